The molecule has 0 aromatic carbocycles. The van der Waals surface area contributed by atoms with Gasteiger partial charge in [-0.2, -0.15) is 0 Å². The number of aliphatic hydroxyl groups is 1. The fourth-order valence-electron chi connectivity index (χ4n) is 1.74. The van der Waals surface area contributed by atoms with Crippen LogP contribution in [0.4, 0.5) is 0 Å². The first-order valence-corrected chi connectivity index (χ1v) is 4.10. The average Bonchev–Trinajstić information content (AvgIpc) is 2.04. The molecule has 0 fully saturated rings. The molecule has 0 spiro atoms. The molecule has 1 heteroatoms. The summed E-state index contributed by atoms with van der Waals surface area (Å²) in [6, 6.07) is 0. The number of allylic oxidation sites excluding steroid dienone is 6. The van der Waals surface area contributed by atoms with Gasteiger partial charge in [0.15, 0.2) is 0 Å². The average molecular weight is 148 g/mol. The van der Waals surface area contributed by atoms with Gasteiger partial charge >= 0.3 is 0 Å². The van der Waals surface area contributed by atoms with Crippen molar-refractivity contribution in [3.63, 3.8) is 0 Å². The van der Waals surface area contributed by atoms with Crippen LogP contribution in [0.3, 0.4) is 0 Å². The van der Waals surface area contributed by atoms with E-state index < -0.39 is 0 Å². The summed E-state index contributed by atoms with van der Waals surface area (Å²) < 4.78 is 0. The lowest BCUT2D eigenvalue weighted by Gasteiger charge is -2.23. The smallest absolute Gasteiger partial charge is 0.0928 e. The van der Waals surface area contributed by atoms with Crippen molar-refractivity contribution in [3.05, 3.63) is 35.6 Å². The molecule has 2 aliphatic carbocycles. The van der Waals surface area contributed by atoms with E-state index in [1.165, 1.54) is 5.57 Å². The summed E-state index contributed by atoms with van der Waals surface area (Å²) in [6.07, 6.45) is 11.3. The van der Waals surface area contributed by atoms with Gasteiger partial charge in [0.25, 0.3) is 0 Å². The van der Waals surface area contributed by atoms with Crippen LogP contribution in [0.1, 0.15) is 19.3 Å². The van der Waals surface area contributed by atoms with E-state index in [9.17, 15) is 5.11 Å². The van der Waals surface area contributed by atoms with Gasteiger partial charge in [0.05, 0.1) is 5.76 Å². The summed E-state index contributed by atoms with van der Waals surface area (Å²) in [5.41, 5.74) is 1.48. The maximum atomic E-state index is 9.24. The van der Waals surface area contributed by atoms with Crippen LogP contribution in [0.2, 0.25) is 0 Å². The minimum atomic E-state index is 0.536. The van der Waals surface area contributed by atoms with E-state index in [2.05, 4.69) is 18.2 Å². The molecule has 0 aromatic rings. The monoisotopic (exact) mass is 148 g/mol. The topological polar surface area (TPSA) is 20.2 Å². The van der Waals surface area contributed by atoms with E-state index in [1.807, 2.05) is 6.08 Å². The summed E-state index contributed by atoms with van der Waals surface area (Å²) in [5.74, 6) is 1.12. The lowest BCUT2D eigenvalue weighted by atomic mass is 9.83. The van der Waals surface area contributed by atoms with Crippen LogP contribution < -0.4 is 0 Å². The molecule has 0 bridgehead atoms. The molecule has 0 heterocycles. The second-order valence-electron chi connectivity index (χ2n) is 3.21. The fraction of sp³-hybridized carbons (Fsp3) is 0.400. The van der Waals surface area contributed by atoms with E-state index in [-0.39, 0.29) is 0 Å². The molecule has 0 aromatic heterocycles. The molecule has 11 heavy (non-hydrogen) atoms. The number of hydrogen-bond acceptors (Lipinski definition) is 1. The van der Waals surface area contributed by atoms with Crippen LogP contribution in [0.5, 0.6) is 0 Å². The Balaban J connectivity index is 2.24. The molecule has 1 nitrogen and oxygen atoms in total. The first-order valence-electron chi connectivity index (χ1n) is 4.10. The molecule has 0 amide bonds. The standard InChI is InChI=1S/C10H12O/c11-10-6-5-8-3-1-2-4-9(8)7-10/h1-2,5-6,9,11H,3-4,7H2. The molecule has 0 saturated carbocycles. The van der Waals surface area contributed by atoms with Crippen LogP contribution in [0, 0.1) is 5.92 Å². The maximum absolute atomic E-state index is 9.24. The number of hydrogen-bond donors (Lipinski definition) is 1. The minimum absolute atomic E-state index is 0.536. The van der Waals surface area contributed by atoms with E-state index in [4.69, 9.17) is 0 Å². The molecule has 1 atom stereocenters. The second kappa shape index (κ2) is 2.57. The molecule has 0 radical (unpaired) electrons. The summed E-state index contributed by atoms with van der Waals surface area (Å²) in [5, 5.41) is 9.24. The van der Waals surface area contributed by atoms with E-state index >= 15 is 0 Å². The van der Waals surface area contributed by atoms with Gasteiger partial charge < -0.3 is 5.11 Å². The molecule has 0 aliphatic heterocycles. The van der Waals surface area contributed by atoms with E-state index in [1.54, 1.807) is 0 Å². The van der Waals surface area contributed by atoms with Crippen molar-refractivity contribution in [1.29, 1.82) is 0 Å². The van der Waals surface area contributed by atoms with Gasteiger partial charge in [-0.05, 0) is 24.8 Å². The van der Waals surface area contributed by atoms with Crippen LogP contribution in [-0.2, 0) is 0 Å². The fourth-order valence-corrected chi connectivity index (χ4v) is 1.74. The van der Waals surface area contributed by atoms with Gasteiger partial charge in [-0.3, -0.25) is 0 Å². The summed E-state index contributed by atoms with van der Waals surface area (Å²) >= 11 is 0. The summed E-state index contributed by atoms with van der Waals surface area (Å²) in [4.78, 5) is 0. The molecule has 2 rings (SSSR count). The zero-order valence-corrected chi connectivity index (χ0v) is 6.46. The zero-order valence-electron chi connectivity index (χ0n) is 6.46. The van der Waals surface area contributed by atoms with Crippen molar-refractivity contribution >= 4 is 0 Å². The molecular weight excluding hydrogens is 136 g/mol. The second-order valence-corrected chi connectivity index (χ2v) is 3.21. The highest BCUT2D eigenvalue weighted by Crippen LogP contribution is 2.32. The molecule has 0 saturated heterocycles. The van der Waals surface area contributed by atoms with Crippen LogP contribution in [0.25, 0.3) is 0 Å². The Morgan fingerprint density at radius 1 is 1.27 bits per heavy atom. The summed E-state index contributed by atoms with van der Waals surface area (Å²) in [7, 11) is 0. The zero-order chi connectivity index (χ0) is 7.68. The summed E-state index contributed by atoms with van der Waals surface area (Å²) in [6.45, 7) is 0. The Labute approximate surface area is 66.7 Å². The van der Waals surface area contributed by atoms with Gasteiger partial charge in [-0.25, -0.2) is 0 Å². The van der Waals surface area contributed by atoms with Crippen molar-refractivity contribution in [1.82, 2.24) is 0 Å². The highest BCUT2D eigenvalue weighted by molar-refractivity contribution is 5.27. The number of fused-ring (bicyclic) bond motifs is 1. The molecule has 1 unspecified atom stereocenters. The van der Waals surface area contributed by atoms with Crippen LogP contribution in [-0.4, -0.2) is 5.11 Å². The first kappa shape index (κ1) is 6.71. The van der Waals surface area contributed by atoms with Crippen molar-refractivity contribution in [2.75, 3.05) is 0 Å². The van der Waals surface area contributed by atoms with Gasteiger partial charge in [0, 0.05) is 6.42 Å². The lowest BCUT2D eigenvalue weighted by molar-refractivity contribution is 0.356. The molecule has 58 valence electrons. The van der Waals surface area contributed by atoms with Gasteiger partial charge in [0.1, 0.15) is 0 Å². The first-order chi connectivity index (χ1) is 5.36. The third-order valence-electron chi connectivity index (χ3n) is 2.41. The van der Waals surface area contributed by atoms with Gasteiger partial charge in [-0.1, -0.05) is 23.8 Å². The Kier molecular flexibility index (Phi) is 1.57. The van der Waals surface area contributed by atoms with Crippen molar-refractivity contribution in [3.8, 4) is 0 Å². The van der Waals surface area contributed by atoms with Gasteiger partial charge in [0.2, 0.25) is 0 Å². The highest BCUT2D eigenvalue weighted by Gasteiger charge is 2.18. The molecular formula is C10H12O. The Hall–Kier alpha value is -0.980. The predicted molar refractivity (Wildman–Crippen MR) is 45.3 cm³/mol. The van der Waals surface area contributed by atoms with Crippen molar-refractivity contribution in [2.24, 2.45) is 5.92 Å². The number of rotatable bonds is 0. The Bertz CT molecular complexity index is 246. The van der Waals surface area contributed by atoms with E-state index in [0.717, 1.165) is 19.3 Å². The largest absolute Gasteiger partial charge is 0.512 e. The van der Waals surface area contributed by atoms with Crippen LogP contribution in [0.15, 0.2) is 35.6 Å². The minimum Gasteiger partial charge on any atom is -0.512 e. The Morgan fingerprint density at radius 2 is 2.18 bits per heavy atom. The SMILES string of the molecule is OC1=CC=C2CC=CCC2C1. The maximum Gasteiger partial charge on any atom is 0.0928 e. The van der Waals surface area contributed by atoms with E-state index in [0.29, 0.717) is 11.7 Å². The quantitative estimate of drug-likeness (QED) is 0.524. The van der Waals surface area contributed by atoms with Crippen molar-refractivity contribution in [2.45, 2.75) is 19.3 Å². The third-order valence-corrected chi connectivity index (χ3v) is 2.41. The number of aliphatic hydroxyl groups excluding tert-OH is 1. The predicted octanol–water partition coefficient (Wildman–Crippen LogP) is 2.72. The van der Waals surface area contributed by atoms with Crippen LogP contribution >= 0.6 is 0 Å². The Morgan fingerprint density at radius 3 is 3.09 bits per heavy atom. The van der Waals surface area contributed by atoms with Crippen molar-refractivity contribution < 1.29 is 5.11 Å². The van der Waals surface area contributed by atoms with Gasteiger partial charge in [-0.15, -0.1) is 0 Å². The molecule has 1 N–H and O–H groups in total. The highest BCUT2D eigenvalue weighted by atomic mass is 16.3. The lowest BCUT2D eigenvalue weighted by Crippen LogP contribution is -2.10. The molecule has 2 aliphatic rings. The normalized spacial score (nSPS) is 28.9. The third kappa shape index (κ3) is 1.23.